The van der Waals surface area contributed by atoms with Gasteiger partial charge in [0.15, 0.2) is 11.5 Å². The molecule has 132 valence electrons. The number of nitrogens with zero attached hydrogens (tertiary/aromatic N) is 1. The SMILES string of the molecule is COc1c[nH]c(C(=O)N2CCC[C@@H](C(=O)c3sccc3C)C2)cc1=O. The maximum atomic E-state index is 12.7. The van der Waals surface area contributed by atoms with Gasteiger partial charge in [-0.05, 0) is 36.8 Å². The standard InChI is InChI=1S/C18H20N2O4S/c1-11-5-7-25-17(11)16(22)12-4-3-6-20(10-12)18(23)13-8-14(21)15(24-2)9-19-13/h5,7-9,12H,3-4,6,10H2,1-2H3,(H,19,21)/t12-/m1/s1. The van der Waals surface area contributed by atoms with E-state index < -0.39 is 0 Å². The average Bonchev–Trinajstić information content (AvgIpc) is 3.06. The average molecular weight is 360 g/mol. The number of pyridine rings is 1. The number of hydrogen-bond donors (Lipinski definition) is 1. The number of amides is 1. The highest BCUT2D eigenvalue weighted by Gasteiger charge is 2.31. The van der Waals surface area contributed by atoms with Gasteiger partial charge in [-0.25, -0.2) is 0 Å². The van der Waals surface area contributed by atoms with Crippen molar-refractivity contribution in [2.75, 3.05) is 20.2 Å². The number of likely N-dealkylation sites (tertiary alicyclic amines) is 1. The highest BCUT2D eigenvalue weighted by molar-refractivity contribution is 7.12. The van der Waals surface area contributed by atoms with Crippen LogP contribution in [0.3, 0.4) is 0 Å². The van der Waals surface area contributed by atoms with Gasteiger partial charge in [-0.1, -0.05) is 0 Å². The van der Waals surface area contributed by atoms with E-state index in [1.54, 1.807) is 4.90 Å². The molecule has 0 aliphatic carbocycles. The first kappa shape index (κ1) is 17.4. The molecule has 0 bridgehead atoms. The van der Waals surface area contributed by atoms with Crippen molar-refractivity contribution in [2.24, 2.45) is 5.92 Å². The Balaban J connectivity index is 1.76. The van der Waals surface area contributed by atoms with Crippen molar-refractivity contribution >= 4 is 23.0 Å². The maximum absolute atomic E-state index is 12.7. The van der Waals surface area contributed by atoms with E-state index in [9.17, 15) is 14.4 Å². The van der Waals surface area contributed by atoms with E-state index in [4.69, 9.17) is 4.74 Å². The van der Waals surface area contributed by atoms with E-state index in [1.807, 2.05) is 18.4 Å². The van der Waals surface area contributed by atoms with Crippen molar-refractivity contribution in [3.8, 4) is 5.75 Å². The molecule has 1 amide bonds. The topological polar surface area (TPSA) is 79.5 Å². The lowest BCUT2D eigenvalue weighted by Gasteiger charge is -2.31. The van der Waals surface area contributed by atoms with Crippen molar-refractivity contribution < 1.29 is 14.3 Å². The second kappa shape index (κ2) is 7.23. The Bertz CT molecular complexity index is 855. The molecule has 1 atom stereocenters. The molecule has 2 aromatic rings. The van der Waals surface area contributed by atoms with Gasteiger partial charge in [0.2, 0.25) is 5.43 Å². The van der Waals surface area contributed by atoms with E-state index >= 15 is 0 Å². The summed E-state index contributed by atoms with van der Waals surface area (Å²) in [5.41, 5.74) is 0.854. The Morgan fingerprint density at radius 2 is 2.20 bits per heavy atom. The maximum Gasteiger partial charge on any atom is 0.270 e. The summed E-state index contributed by atoms with van der Waals surface area (Å²) in [5.74, 6) is -0.190. The van der Waals surface area contributed by atoms with Crippen LogP contribution in [0, 0.1) is 12.8 Å². The smallest absolute Gasteiger partial charge is 0.270 e. The van der Waals surface area contributed by atoms with Crippen molar-refractivity contribution in [3.05, 3.63) is 50.1 Å². The lowest BCUT2D eigenvalue weighted by molar-refractivity contribution is 0.0633. The number of hydrogen-bond acceptors (Lipinski definition) is 5. The first-order valence-electron chi connectivity index (χ1n) is 8.15. The number of aromatic amines is 1. The molecule has 2 aromatic heterocycles. The van der Waals surface area contributed by atoms with Gasteiger partial charge in [-0.2, -0.15) is 0 Å². The van der Waals surface area contributed by atoms with Crippen LogP contribution in [0.25, 0.3) is 0 Å². The van der Waals surface area contributed by atoms with Crippen molar-refractivity contribution in [1.29, 1.82) is 0 Å². The number of ketones is 1. The molecule has 7 heteroatoms. The fraction of sp³-hybridized carbons (Fsp3) is 0.389. The minimum absolute atomic E-state index is 0.105. The third-order valence-electron chi connectivity index (χ3n) is 4.49. The molecule has 0 saturated carbocycles. The quantitative estimate of drug-likeness (QED) is 0.850. The summed E-state index contributed by atoms with van der Waals surface area (Å²) in [4.78, 5) is 42.5. The van der Waals surface area contributed by atoms with E-state index in [0.29, 0.717) is 13.1 Å². The van der Waals surface area contributed by atoms with Crippen LogP contribution in [-0.4, -0.2) is 41.8 Å². The lowest BCUT2D eigenvalue weighted by Crippen LogP contribution is -2.42. The highest BCUT2D eigenvalue weighted by Crippen LogP contribution is 2.26. The second-order valence-corrected chi connectivity index (χ2v) is 7.08. The number of carbonyl (C=O) groups excluding carboxylic acids is 2. The van der Waals surface area contributed by atoms with Gasteiger partial charge < -0.3 is 14.6 Å². The van der Waals surface area contributed by atoms with Gasteiger partial charge in [0.25, 0.3) is 5.91 Å². The van der Waals surface area contributed by atoms with Gasteiger partial charge in [0, 0.05) is 31.3 Å². The van der Waals surface area contributed by atoms with Crippen LogP contribution in [0.15, 0.2) is 28.5 Å². The van der Waals surface area contributed by atoms with Crippen LogP contribution in [0.1, 0.15) is 38.6 Å². The number of carbonyl (C=O) groups is 2. The third kappa shape index (κ3) is 3.51. The zero-order chi connectivity index (χ0) is 18.0. The normalized spacial score (nSPS) is 17.4. The number of Topliss-reactive ketones (excluding diaryl/α,β-unsaturated/α-hetero) is 1. The zero-order valence-corrected chi connectivity index (χ0v) is 15.0. The summed E-state index contributed by atoms with van der Waals surface area (Å²) >= 11 is 1.45. The van der Waals surface area contributed by atoms with Crippen molar-refractivity contribution in [1.82, 2.24) is 9.88 Å². The van der Waals surface area contributed by atoms with Crippen LogP contribution in [0.5, 0.6) is 5.75 Å². The van der Waals surface area contributed by atoms with Crippen LogP contribution in [0.4, 0.5) is 0 Å². The first-order chi connectivity index (χ1) is 12.0. The molecule has 0 unspecified atom stereocenters. The first-order valence-corrected chi connectivity index (χ1v) is 9.03. The summed E-state index contributed by atoms with van der Waals surface area (Å²) in [6.45, 7) is 2.89. The monoisotopic (exact) mass is 360 g/mol. The minimum Gasteiger partial charge on any atom is -0.491 e. The number of nitrogens with one attached hydrogen (secondary N) is 1. The van der Waals surface area contributed by atoms with E-state index in [0.717, 1.165) is 23.3 Å². The zero-order valence-electron chi connectivity index (χ0n) is 14.2. The lowest BCUT2D eigenvalue weighted by atomic mass is 9.92. The molecule has 1 saturated heterocycles. The van der Waals surface area contributed by atoms with Gasteiger partial charge in [-0.3, -0.25) is 14.4 Å². The Kier molecular flexibility index (Phi) is 5.03. The van der Waals surface area contributed by atoms with Gasteiger partial charge in [-0.15, -0.1) is 11.3 Å². The summed E-state index contributed by atoms with van der Waals surface area (Å²) in [5, 5.41) is 1.91. The summed E-state index contributed by atoms with van der Waals surface area (Å²) in [6, 6.07) is 3.18. The predicted molar refractivity (Wildman–Crippen MR) is 95.6 cm³/mol. The number of aromatic nitrogens is 1. The highest BCUT2D eigenvalue weighted by atomic mass is 32.1. The molecule has 3 heterocycles. The number of piperidine rings is 1. The number of H-pyrrole nitrogens is 1. The van der Waals surface area contributed by atoms with Gasteiger partial charge >= 0.3 is 0 Å². The molecular weight excluding hydrogens is 340 g/mol. The molecule has 1 aliphatic rings. The van der Waals surface area contributed by atoms with Crippen LogP contribution in [-0.2, 0) is 0 Å². The van der Waals surface area contributed by atoms with Crippen LogP contribution < -0.4 is 10.2 Å². The van der Waals surface area contributed by atoms with Crippen molar-refractivity contribution in [3.63, 3.8) is 0 Å². The summed E-state index contributed by atoms with van der Waals surface area (Å²) in [6.07, 6.45) is 2.93. The number of ether oxygens (including phenoxy) is 1. The summed E-state index contributed by atoms with van der Waals surface area (Å²) < 4.78 is 4.91. The fourth-order valence-electron chi connectivity index (χ4n) is 3.10. The second-order valence-electron chi connectivity index (χ2n) is 6.17. The fourth-order valence-corrected chi connectivity index (χ4v) is 4.04. The largest absolute Gasteiger partial charge is 0.491 e. The molecule has 3 rings (SSSR count). The molecule has 1 aliphatic heterocycles. The number of aryl methyl sites for hydroxylation is 1. The van der Waals surface area contributed by atoms with E-state index in [2.05, 4.69) is 4.98 Å². The number of methoxy groups -OCH3 is 1. The number of thiophene rings is 1. The Morgan fingerprint density at radius 3 is 2.84 bits per heavy atom. The van der Waals surface area contributed by atoms with E-state index in [1.165, 1.54) is 30.7 Å². The summed E-state index contributed by atoms with van der Waals surface area (Å²) in [7, 11) is 1.40. The molecular formula is C18H20N2O4S. The molecule has 1 fully saturated rings. The van der Waals surface area contributed by atoms with Crippen LogP contribution >= 0.6 is 11.3 Å². The Hall–Kier alpha value is -2.41. The molecule has 25 heavy (non-hydrogen) atoms. The number of rotatable bonds is 4. The minimum atomic E-state index is -0.344. The van der Waals surface area contributed by atoms with Gasteiger partial charge in [0.1, 0.15) is 5.69 Å². The molecule has 0 aromatic carbocycles. The molecule has 6 nitrogen and oxygen atoms in total. The molecule has 1 N–H and O–H groups in total. The van der Waals surface area contributed by atoms with Crippen molar-refractivity contribution in [2.45, 2.75) is 19.8 Å². The molecule has 0 radical (unpaired) electrons. The Labute approximate surface area is 149 Å². The Morgan fingerprint density at radius 1 is 1.40 bits per heavy atom. The van der Waals surface area contributed by atoms with Crippen LogP contribution in [0.2, 0.25) is 0 Å². The van der Waals surface area contributed by atoms with E-state index in [-0.39, 0.29) is 34.5 Å². The van der Waals surface area contributed by atoms with Gasteiger partial charge in [0.05, 0.1) is 12.0 Å². The predicted octanol–water partition coefficient (Wildman–Crippen LogP) is 2.49. The molecule has 0 spiro atoms. The third-order valence-corrected chi connectivity index (χ3v) is 5.52.